The number of fused-ring (bicyclic) bond motifs is 1. The average Bonchev–Trinajstić information content (AvgIpc) is 2.59. The number of hydrogen-bond donors (Lipinski definition) is 1. The Labute approximate surface area is 124 Å². The van der Waals surface area contributed by atoms with Gasteiger partial charge in [0.05, 0.1) is 0 Å². The summed E-state index contributed by atoms with van der Waals surface area (Å²) in [5.41, 5.74) is 2.89. The van der Waals surface area contributed by atoms with E-state index in [1.165, 1.54) is 24.1 Å². The van der Waals surface area contributed by atoms with Gasteiger partial charge in [-0.25, -0.2) is 0 Å². The molecule has 1 aliphatic heterocycles. The van der Waals surface area contributed by atoms with E-state index in [4.69, 9.17) is 0 Å². The van der Waals surface area contributed by atoms with Gasteiger partial charge in [-0.15, -0.1) is 0 Å². The summed E-state index contributed by atoms with van der Waals surface area (Å²) in [5.74, 6) is 1.50. The number of hydrogen-bond acceptors (Lipinski definition) is 2. The lowest BCUT2D eigenvalue weighted by Gasteiger charge is -2.36. The maximum atomic E-state index is 3.55. The Hall–Kier alpha value is -1.02. The second-order valence-corrected chi connectivity index (χ2v) is 6.91. The molecule has 1 heterocycles. The first-order valence-electron chi connectivity index (χ1n) is 8.13. The first-order chi connectivity index (χ1) is 9.58. The number of para-hydroxylation sites is 1. The van der Waals surface area contributed by atoms with Crippen LogP contribution in [0.5, 0.6) is 0 Å². The summed E-state index contributed by atoms with van der Waals surface area (Å²) in [7, 11) is 0. The van der Waals surface area contributed by atoms with Gasteiger partial charge >= 0.3 is 0 Å². The van der Waals surface area contributed by atoms with Gasteiger partial charge in [0, 0.05) is 31.4 Å². The zero-order valence-corrected chi connectivity index (χ0v) is 13.5. The molecule has 0 aromatic heterocycles. The van der Waals surface area contributed by atoms with Gasteiger partial charge < -0.3 is 10.2 Å². The molecule has 0 unspecified atom stereocenters. The number of benzene rings is 1. The zero-order chi connectivity index (χ0) is 14.5. The first-order valence-corrected chi connectivity index (χ1v) is 8.13. The second-order valence-electron chi connectivity index (χ2n) is 6.91. The van der Waals surface area contributed by atoms with E-state index in [9.17, 15) is 0 Å². The molecule has 0 bridgehead atoms. The van der Waals surface area contributed by atoms with Crippen LogP contribution in [-0.4, -0.2) is 19.1 Å². The van der Waals surface area contributed by atoms with Crippen LogP contribution in [0, 0.1) is 11.8 Å². The van der Waals surface area contributed by atoms with Crippen molar-refractivity contribution in [3.63, 3.8) is 0 Å². The van der Waals surface area contributed by atoms with Gasteiger partial charge in [-0.05, 0) is 36.3 Å². The van der Waals surface area contributed by atoms with Crippen LogP contribution in [-0.2, 0) is 6.54 Å². The maximum absolute atomic E-state index is 3.55. The third kappa shape index (κ3) is 3.99. The minimum Gasteiger partial charge on any atom is -0.367 e. The van der Waals surface area contributed by atoms with Crippen molar-refractivity contribution in [1.82, 2.24) is 5.32 Å². The lowest BCUT2D eigenvalue weighted by atomic mass is 9.93. The van der Waals surface area contributed by atoms with Crippen LogP contribution in [0.4, 0.5) is 5.69 Å². The summed E-state index contributed by atoms with van der Waals surface area (Å²) >= 11 is 0. The number of rotatable bonds is 5. The lowest BCUT2D eigenvalue weighted by Crippen LogP contribution is -2.40. The average molecular weight is 274 g/mol. The molecular formula is C18H30N2. The quantitative estimate of drug-likeness (QED) is 0.871. The van der Waals surface area contributed by atoms with Crippen molar-refractivity contribution in [2.45, 2.75) is 53.1 Å². The molecule has 0 radical (unpaired) electrons. The molecular weight excluding hydrogens is 244 g/mol. The zero-order valence-electron chi connectivity index (χ0n) is 13.5. The van der Waals surface area contributed by atoms with Crippen molar-refractivity contribution in [2.75, 3.05) is 18.0 Å². The SMILES string of the molecule is CC(C)CC(CC(C)C)N1CCNCc2ccccc21. The standard InChI is InChI=1S/C18H30N2/c1-14(2)11-17(12-15(3)4)20-10-9-19-13-16-7-5-6-8-18(16)20/h5-8,14-15,17,19H,9-13H2,1-4H3. The minimum atomic E-state index is 0.663. The highest BCUT2D eigenvalue weighted by Crippen LogP contribution is 2.29. The Morgan fingerprint density at radius 3 is 2.35 bits per heavy atom. The van der Waals surface area contributed by atoms with Crippen molar-refractivity contribution in [3.8, 4) is 0 Å². The van der Waals surface area contributed by atoms with E-state index in [0.717, 1.165) is 31.5 Å². The fraction of sp³-hybridized carbons (Fsp3) is 0.667. The summed E-state index contributed by atoms with van der Waals surface area (Å²) in [5, 5.41) is 3.55. The van der Waals surface area contributed by atoms with E-state index in [-0.39, 0.29) is 0 Å². The monoisotopic (exact) mass is 274 g/mol. The van der Waals surface area contributed by atoms with Crippen LogP contribution in [0.3, 0.4) is 0 Å². The highest BCUT2D eigenvalue weighted by Gasteiger charge is 2.24. The molecule has 1 aromatic rings. The van der Waals surface area contributed by atoms with Crippen molar-refractivity contribution in [2.24, 2.45) is 11.8 Å². The Bertz CT molecular complexity index is 402. The second kappa shape index (κ2) is 7.12. The van der Waals surface area contributed by atoms with E-state index in [1.807, 2.05) is 0 Å². The molecule has 20 heavy (non-hydrogen) atoms. The number of anilines is 1. The van der Waals surface area contributed by atoms with Crippen molar-refractivity contribution in [3.05, 3.63) is 29.8 Å². The normalized spacial score (nSPS) is 15.8. The summed E-state index contributed by atoms with van der Waals surface area (Å²) in [6.45, 7) is 12.6. The molecule has 0 aliphatic carbocycles. The van der Waals surface area contributed by atoms with Gasteiger partial charge in [-0.3, -0.25) is 0 Å². The largest absolute Gasteiger partial charge is 0.367 e. The topological polar surface area (TPSA) is 15.3 Å². The Morgan fingerprint density at radius 2 is 1.70 bits per heavy atom. The molecule has 1 aromatic carbocycles. The van der Waals surface area contributed by atoms with E-state index in [0.29, 0.717) is 6.04 Å². The summed E-state index contributed by atoms with van der Waals surface area (Å²) in [6.07, 6.45) is 2.57. The summed E-state index contributed by atoms with van der Waals surface area (Å²) < 4.78 is 0. The van der Waals surface area contributed by atoms with Crippen molar-refractivity contribution >= 4 is 5.69 Å². The minimum absolute atomic E-state index is 0.663. The molecule has 1 aliphatic rings. The molecule has 112 valence electrons. The van der Waals surface area contributed by atoms with E-state index >= 15 is 0 Å². The summed E-state index contributed by atoms with van der Waals surface area (Å²) in [4.78, 5) is 2.66. The fourth-order valence-corrected chi connectivity index (χ4v) is 3.30. The number of nitrogens with zero attached hydrogens (tertiary/aromatic N) is 1. The third-order valence-electron chi connectivity index (χ3n) is 4.07. The molecule has 2 heteroatoms. The molecule has 0 atom stereocenters. The van der Waals surface area contributed by atoms with Crippen LogP contribution >= 0.6 is 0 Å². The first kappa shape index (κ1) is 15.4. The Morgan fingerprint density at radius 1 is 1.05 bits per heavy atom. The van der Waals surface area contributed by atoms with Gasteiger partial charge in [-0.1, -0.05) is 45.9 Å². The van der Waals surface area contributed by atoms with Crippen molar-refractivity contribution in [1.29, 1.82) is 0 Å². The van der Waals surface area contributed by atoms with Crippen LogP contribution in [0.15, 0.2) is 24.3 Å². The lowest BCUT2D eigenvalue weighted by molar-refractivity contribution is 0.398. The van der Waals surface area contributed by atoms with Gasteiger partial charge in [0.25, 0.3) is 0 Å². The van der Waals surface area contributed by atoms with Crippen LogP contribution in [0.1, 0.15) is 46.1 Å². The van der Waals surface area contributed by atoms with Crippen LogP contribution in [0.2, 0.25) is 0 Å². The number of nitrogens with one attached hydrogen (secondary N) is 1. The smallest absolute Gasteiger partial charge is 0.0414 e. The van der Waals surface area contributed by atoms with Crippen molar-refractivity contribution < 1.29 is 0 Å². The fourth-order valence-electron chi connectivity index (χ4n) is 3.30. The van der Waals surface area contributed by atoms with Gasteiger partial charge in [-0.2, -0.15) is 0 Å². The van der Waals surface area contributed by atoms with Gasteiger partial charge in [0.2, 0.25) is 0 Å². The molecule has 1 N–H and O–H groups in total. The highest BCUT2D eigenvalue weighted by atomic mass is 15.2. The predicted octanol–water partition coefficient (Wildman–Crippen LogP) is 4.06. The molecule has 2 rings (SSSR count). The molecule has 0 saturated carbocycles. The third-order valence-corrected chi connectivity index (χ3v) is 4.07. The molecule has 0 spiro atoms. The van der Waals surface area contributed by atoms with E-state index < -0.39 is 0 Å². The Kier molecular flexibility index (Phi) is 5.47. The molecule has 2 nitrogen and oxygen atoms in total. The molecule has 0 fully saturated rings. The molecule has 0 saturated heterocycles. The Balaban J connectivity index is 2.26. The van der Waals surface area contributed by atoms with E-state index in [1.54, 1.807) is 0 Å². The van der Waals surface area contributed by atoms with Gasteiger partial charge in [0.1, 0.15) is 0 Å². The molecule has 0 amide bonds. The summed E-state index contributed by atoms with van der Waals surface area (Å²) in [6, 6.07) is 9.57. The van der Waals surface area contributed by atoms with E-state index in [2.05, 4.69) is 62.2 Å². The maximum Gasteiger partial charge on any atom is 0.0414 e. The van der Waals surface area contributed by atoms with Gasteiger partial charge in [0.15, 0.2) is 0 Å². The predicted molar refractivity (Wildman–Crippen MR) is 88.2 cm³/mol. The van der Waals surface area contributed by atoms with Crippen LogP contribution < -0.4 is 10.2 Å². The van der Waals surface area contributed by atoms with Crippen LogP contribution in [0.25, 0.3) is 0 Å². The highest BCUT2D eigenvalue weighted by molar-refractivity contribution is 5.55.